The van der Waals surface area contributed by atoms with E-state index in [0.29, 0.717) is 16.8 Å². The molecule has 1 amide bonds. The number of anilines is 1. The van der Waals surface area contributed by atoms with Crippen LogP contribution in [0.15, 0.2) is 48.5 Å². The van der Waals surface area contributed by atoms with Crippen molar-refractivity contribution in [1.82, 2.24) is 0 Å². The van der Waals surface area contributed by atoms with E-state index in [0.717, 1.165) is 5.56 Å². The van der Waals surface area contributed by atoms with E-state index in [2.05, 4.69) is 5.32 Å². The van der Waals surface area contributed by atoms with Crippen molar-refractivity contribution in [3.63, 3.8) is 0 Å². The topological polar surface area (TPSA) is 72.2 Å². The van der Waals surface area contributed by atoms with Gasteiger partial charge in [0, 0.05) is 23.9 Å². The van der Waals surface area contributed by atoms with Crippen LogP contribution in [-0.2, 0) is 4.79 Å². The lowest BCUT2D eigenvalue weighted by Crippen LogP contribution is -2.20. The van der Waals surface area contributed by atoms with Crippen molar-refractivity contribution in [3.8, 4) is 0 Å². The average molecular weight is 314 g/mol. The first kappa shape index (κ1) is 16.1. The quantitative estimate of drug-likeness (QED) is 0.804. The molecule has 0 aliphatic carbocycles. The van der Waals surface area contributed by atoms with Crippen LogP contribution in [0.1, 0.15) is 26.7 Å². The Morgan fingerprint density at radius 2 is 1.77 bits per heavy atom. The number of carbonyl (C=O) groups is 2. The second-order valence-corrected chi connectivity index (χ2v) is 5.68. The fourth-order valence-electron chi connectivity index (χ4n) is 2.40. The lowest BCUT2D eigenvalue weighted by atomic mass is 9.97. The minimum atomic E-state index is -0.494. The molecular weight excluding hydrogens is 296 g/mol. The summed E-state index contributed by atoms with van der Waals surface area (Å²) >= 11 is 1.35. The van der Waals surface area contributed by atoms with Crippen molar-refractivity contribution in [3.05, 3.63) is 65.2 Å². The summed E-state index contributed by atoms with van der Waals surface area (Å²) in [5, 5.41) is 2.55. The van der Waals surface area contributed by atoms with Gasteiger partial charge in [0.2, 0.25) is 5.91 Å². The van der Waals surface area contributed by atoms with Crippen LogP contribution in [-0.4, -0.2) is 25.0 Å². The number of carbonyl (C=O) groups excluding carboxylic acids is 2. The number of hydrogen-bond acceptors (Lipinski definition) is 4. The summed E-state index contributed by atoms with van der Waals surface area (Å²) in [7, 11) is 1.74. The van der Waals surface area contributed by atoms with Gasteiger partial charge in [0.15, 0.2) is 5.78 Å². The molecule has 0 aliphatic heterocycles. The normalized spacial score (nSPS) is 11.7. The Labute approximate surface area is 134 Å². The number of rotatable bonds is 6. The zero-order valence-corrected chi connectivity index (χ0v) is 13.3. The van der Waals surface area contributed by atoms with Crippen molar-refractivity contribution >= 4 is 29.1 Å². The van der Waals surface area contributed by atoms with Gasteiger partial charge >= 0.3 is 0 Å². The lowest BCUT2D eigenvalue weighted by molar-refractivity contribution is -0.117. The third-order valence-corrected chi connectivity index (χ3v) is 4.36. The summed E-state index contributed by atoms with van der Waals surface area (Å²) < 4.78 is 0. The molecule has 2 rings (SSSR count). The molecule has 0 aromatic heterocycles. The van der Waals surface area contributed by atoms with Crippen molar-refractivity contribution < 1.29 is 9.59 Å². The maximum atomic E-state index is 12.7. The smallest absolute Gasteiger partial charge is 0.235 e. The van der Waals surface area contributed by atoms with Gasteiger partial charge in [0.1, 0.15) is 5.25 Å². The standard InChI is InChI=1S/C17H18N2O2S/c1-19-14-12(15(20)11-7-4-3-5-8-11)9-6-10-13(14)16(22-2)17(18)21/h3-10,16,19H,1-2H3,(H2,18,21). The molecule has 0 bridgehead atoms. The van der Waals surface area contributed by atoms with Crippen LogP contribution in [0.25, 0.3) is 0 Å². The predicted octanol–water partition coefficient (Wildman–Crippen LogP) is 2.85. The van der Waals surface area contributed by atoms with E-state index in [1.165, 1.54) is 11.8 Å². The van der Waals surface area contributed by atoms with Gasteiger partial charge < -0.3 is 11.1 Å². The number of amides is 1. The Morgan fingerprint density at radius 1 is 1.09 bits per heavy atom. The second kappa shape index (κ2) is 7.13. The number of primary amides is 1. The molecule has 0 radical (unpaired) electrons. The number of hydrogen-bond donors (Lipinski definition) is 2. The van der Waals surface area contributed by atoms with E-state index in [1.807, 2.05) is 30.5 Å². The van der Waals surface area contributed by atoms with Crippen LogP contribution < -0.4 is 11.1 Å². The highest BCUT2D eigenvalue weighted by Crippen LogP contribution is 2.34. The molecular formula is C17H18N2O2S. The highest BCUT2D eigenvalue weighted by molar-refractivity contribution is 7.99. The zero-order valence-electron chi connectivity index (χ0n) is 12.5. The van der Waals surface area contributed by atoms with Gasteiger partial charge in [-0.2, -0.15) is 0 Å². The maximum absolute atomic E-state index is 12.7. The van der Waals surface area contributed by atoms with Crippen molar-refractivity contribution in [2.45, 2.75) is 5.25 Å². The number of ketones is 1. The van der Waals surface area contributed by atoms with Crippen LogP contribution in [0.3, 0.4) is 0 Å². The van der Waals surface area contributed by atoms with Crippen molar-refractivity contribution in [2.24, 2.45) is 5.73 Å². The van der Waals surface area contributed by atoms with E-state index >= 15 is 0 Å². The molecule has 0 saturated heterocycles. The fraction of sp³-hybridized carbons (Fsp3) is 0.176. The predicted molar refractivity (Wildman–Crippen MR) is 91.3 cm³/mol. The number of benzene rings is 2. The van der Waals surface area contributed by atoms with Gasteiger partial charge in [-0.05, 0) is 17.9 Å². The molecule has 22 heavy (non-hydrogen) atoms. The summed E-state index contributed by atoms with van der Waals surface area (Å²) in [6, 6.07) is 14.4. The molecule has 1 atom stereocenters. The van der Waals surface area contributed by atoms with Gasteiger partial charge in [-0.15, -0.1) is 11.8 Å². The Balaban J connectivity index is 2.54. The first-order valence-electron chi connectivity index (χ1n) is 6.82. The maximum Gasteiger partial charge on any atom is 0.235 e. The Bertz CT molecular complexity index is 686. The SMILES string of the molecule is CNc1c(C(=O)c2ccccc2)cccc1C(SC)C(N)=O. The number of nitrogens with one attached hydrogen (secondary N) is 1. The highest BCUT2D eigenvalue weighted by atomic mass is 32.2. The van der Waals surface area contributed by atoms with E-state index in [4.69, 9.17) is 5.73 Å². The molecule has 5 heteroatoms. The van der Waals surface area contributed by atoms with Crippen LogP contribution >= 0.6 is 11.8 Å². The molecule has 2 aromatic rings. The minimum absolute atomic E-state index is 0.0869. The first-order chi connectivity index (χ1) is 10.6. The van der Waals surface area contributed by atoms with Crippen LogP contribution in [0.5, 0.6) is 0 Å². The molecule has 3 N–H and O–H groups in total. The summed E-state index contributed by atoms with van der Waals surface area (Å²) in [5.74, 6) is -0.510. The number of thioether (sulfide) groups is 1. The summed E-state index contributed by atoms with van der Waals surface area (Å²) in [4.78, 5) is 24.3. The fourth-order valence-corrected chi connectivity index (χ4v) is 3.08. The molecule has 0 aliphatic rings. The van der Waals surface area contributed by atoms with Gasteiger partial charge in [0.05, 0.1) is 0 Å². The molecule has 0 spiro atoms. The lowest BCUT2D eigenvalue weighted by Gasteiger charge is -2.18. The number of para-hydroxylation sites is 1. The number of nitrogens with two attached hydrogens (primary N) is 1. The average Bonchev–Trinajstić information content (AvgIpc) is 2.55. The molecule has 0 fully saturated rings. The molecule has 114 valence electrons. The Kier molecular flexibility index (Phi) is 5.22. The Morgan fingerprint density at radius 3 is 2.32 bits per heavy atom. The van der Waals surface area contributed by atoms with Gasteiger partial charge in [0.25, 0.3) is 0 Å². The molecule has 2 aromatic carbocycles. The zero-order chi connectivity index (χ0) is 16.1. The van der Waals surface area contributed by atoms with Crippen molar-refractivity contribution in [2.75, 3.05) is 18.6 Å². The first-order valence-corrected chi connectivity index (χ1v) is 8.11. The van der Waals surface area contributed by atoms with Crippen LogP contribution in [0.2, 0.25) is 0 Å². The summed E-state index contributed by atoms with van der Waals surface area (Å²) in [6.07, 6.45) is 1.82. The molecule has 1 unspecified atom stereocenters. The van der Waals surface area contributed by atoms with E-state index < -0.39 is 11.2 Å². The largest absolute Gasteiger partial charge is 0.387 e. The minimum Gasteiger partial charge on any atom is -0.387 e. The van der Waals surface area contributed by atoms with Gasteiger partial charge in [-0.3, -0.25) is 9.59 Å². The van der Waals surface area contributed by atoms with Crippen molar-refractivity contribution in [1.29, 1.82) is 0 Å². The third kappa shape index (κ3) is 3.14. The van der Waals surface area contributed by atoms with Gasteiger partial charge in [-0.1, -0.05) is 42.5 Å². The van der Waals surface area contributed by atoms with E-state index in [9.17, 15) is 9.59 Å². The summed E-state index contributed by atoms with van der Waals surface area (Å²) in [6.45, 7) is 0. The summed E-state index contributed by atoms with van der Waals surface area (Å²) in [5.41, 5.74) is 7.98. The third-order valence-electron chi connectivity index (χ3n) is 3.40. The van der Waals surface area contributed by atoms with E-state index in [-0.39, 0.29) is 5.78 Å². The second-order valence-electron chi connectivity index (χ2n) is 4.73. The van der Waals surface area contributed by atoms with E-state index in [1.54, 1.807) is 31.3 Å². The Hall–Kier alpha value is -2.27. The molecule has 4 nitrogen and oxygen atoms in total. The molecule has 0 heterocycles. The van der Waals surface area contributed by atoms with Crippen LogP contribution in [0.4, 0.5) is 5.69 Å². The highest BCUT2D eigenvalue weighted by Gasteiger charge is 2.23. The van der Waals surface area contributed by atoms with Gasteiger partial charge in [-0.25, -0.2) is 0 Å². The van der Waals surface area contributed by atoms with Crippen LogP contribution in [0, 0.1) is 0 Å². The molecule has 0 saturated carbocycles. The monoisotopic (exact) mass is 314 g/mol.